The molecular formula is C6H6ClNO4. The molecule has 6 heteroatoms. The molecule has 0 aromatic carbocycles. The predicted molar refractivity (Wildman–Crippen MR) is 40.6 cm³/mol. The fourth-order valence-corrected chi connectivity index (χ4v) is 0.426. The van der Waals surface area contributed by atoms with Gasteiger partial charge < -0.3 is 5.11 Å². The minimum Gasteiger partial charge on any atom is -0.478 e. The second kappa shape index (κ2) is 5.31. The molecule has 0 aromatic rings. The Bertz CT molecular complexity index is 236. The van der Waals surface area contributed by atoms with E-state index in [-0.39, 0.29) is 5.88 Å². The molecule has 0 rings (SSSR count). The molecule has 0 saturated carbocycles. The Morgan fingerprint density at radius 2 is 1.92 bits per heavy atom. The Labute approximate surface area is 73.0 Å². The van der Waals surface area contributed by atoms with Crippen LogP contribution in [0.3, 0.4) is 0 Å². The van der Waals surface area contributed by atoms with Crippen molar-refractivity contribution in [2.45, 2.75) is 0 Å². The Balaban J connectivity index is 3.90. The number of rotatable bonds is 3. The number of carboxylic acids is 1. The second-order valence-corrected chi connectivity index (χ2v) is 1.98. The van der Waals surface area contributed by atoms with Crippen LogP contribution in [0, 0.1) is 0 Å². The molecule has 0 aliphatic rings. The molecule has 12 heavy (non-hydrogen) atoms. The summed E-state index contributed by atoms with van der Waals surface area (Å²) in [5, 5.41) is 9.90. The fourth-order valence-electron chi connectivity index (χ4n) is 0.359. The van der Waals surface area contributed by atoms with Crippen LogP contribution in [-0.2, 0) is 14.4 Å². The molecule has 0 aliphatic carbocycles. The maximum Gasteiger partial charge on any atom is 0.328 e. The van der Waals surface area contributed by atoms with Gasteiger partial charge in [-0.1, -0.05) is 0 Å². The first-order valence-electron chi connectivity index (χ1n) is 2.87. The predicted octanol–water partition coefficient (Wildman–Crippen LogP) is -0.491. The number of nitrogens with one attached hydrogen (secondary N) is 1. The molecule has 66 valence electrons. The lowest BCUT2D eigenvalue weighted by Crippen LogP contribution is -2.29. The number of alkyl halides is 1. The molecule has 5 nitrogen and oxygen atoms in total. The van der Waals surface area contributed by atoms with Crippen LogP contribution >= 0.6 is 11.6 Å². The number of aliphatic carboxylic acids is 1. The van der Waals surface area contributed by atoms with Crippen molar-refractivity contribution in [2.24, 2.45) is 0 Å². The van der Waals surface area contributed by atoms with Gasteiger partial charge in [0.05, 0.1) is 0 Å². The molecule has 0 atom stereocenters. The summed E-state index contributed by atoms with van der Waals surface area (Å²) < 4.78 is 0. The Kier molecular flexibility index (Phi) is 4.71. The third-order valence-corrected chi connectivity index (χ3v) is 1.00. The van der Waals surface area contributed by atoms with E-state index in [4.69, 9.17) is 16.7 Å². The minimum atomic E-state index is -1.26. The number of carbonyl (C=O) groups excluding carboxylic acids is 2. The van der Waals surface area contributed by atoms with E-state index in [1.54, 1.807) is 0 Å². The van der Waals surface area contributed by atoms with Gasteiger partial charge in [0, 0.05) is 12.2 Å². The number of hydrogen-bond acceptors (Lipinski definition) is 3. The Morgan fingerprint density at radius 1 is 1.33 bits per heavy atom. The van der Waals surface area contributed by atoms with Crippen molar-refractivity contribution in [1.29, 1.82) is 0 Å². The molecule has 0 bridgehead atoms. The van der Waals surface area contributed by atoms with Crippen molar-refractivity contribution in [3.05, 3.63) is 12.2 Å². The number of halogens is 1. The number of imide groups is 1. The molecular weight excluding hydrogens is 186 g/mol. The molecule has 2 N–H and O–H groups in total. The first kappa shape index (κ1) is 10.6. The SMILES string of the molecule is O=C(O)/C=C\C(=O)NC(=O)CCl. The summed E-state index contributed by atoms with van der Waals surface area (Å²) in [6.45, 7) is 0. The first-order valence-corrected chi connectivity index (χ1v) is 3.40. The fraction of sp³-hybridized carbons (Fsp3) is 0.167. The van der Waals surface area contributed by atoms with E-state index in [2.05, 4.69) is 0 Å². The molecule has 0 aromatic heterocycles. The average molecular weight is 192 g/mol. The largest absolute Gasteiger partial charge is 0.478 e. The van der Waals surface area contributed by atoms with Crippen molar-refractivity contribution in [3.63, 3.8) is 0 Å². The van der Waals surface area contributed by atoms with Crippen molar-refractivity contribution in [1.82, 2.24) is 5.32 Å². The maximum atomic E-state index is 10.6. The summed E-state index contributed by atoms with van der Waals surface area (Å²) in [4.78, 5) is 30.9. The van der Waals surface area contributed by atoms with E-state index in [1.165, 1.54) is 0 Å². The minimum absolute atomic E-state index is 0.341. The van der Waals surface area contributed by atoms with Gasteiger partial charge in [0.1, 0.15) is 5.88 Å². The summed E-state index contributed by atoms with van der Waals surface area (Å²) in [7, 11) is 0. The van der Waals surface area contributed by atoms with E-state index in [1.807, 2.05) is 5.32 Å². The standard InChI is InChI=1S/C6H6ClNO4/c7-3-5(10)8-4(9)1-2-6(11)12/h1-2H,3H2,(H,11,12)(H,8,9,10)/b2-1-. The number of amides is 2. The van der Waals surface area contributed by atoms with E-state index < -0.39 is 17.8 Å². The van der Waals surface area contributed by atoms with Gasteiger partial charge in [-0.25, -0.2) is 4.79 Å². The van der Waals surface area contributed by atoms with Gasteiger partial charge in [-0.15, -0.1) is 11.6 Å². The lowest BCUT2D eigenvalue weighted by molar-refractivity contribution is -0.132. The van der Waals surface area contributed by atoms with Crippen molar-refractivity contribution in [3.8, 4) is 0 Å². The highest BCUT2D eigenvalue weighted by molar-refractivity contribution is 6.28. The third-order valence-electron chi connectivity index (χ3n) is 0.761. The van der Waals surface area contributed by atoms with Gasteiger partial charge >= 0.3 is 5.97 Å². The van der Waals surface area contributed by atoms with Gasteiger partial charge in [-0.2, -0.15) is 0 Å². The zero-order valence-corrected chi connectivity index (χ0v) is 6.67. The topological polar surface area (TPSA) is 83.5 Å². The summed E-state index contributed by atoms with van der Waals surface area (Å²) in [6, 6.07) is 0. The monoisotopic (exact) mass is 191 g/mol. The average Bonchev–Trinajstić information content (AvgIpc) is 2.00. The van der Waals surface area contributed by atoms with Gasteiger partial charge in [0.2, 0.25) is 5.91 Å². The maximum absolute atomic E-state index is 10.6. The number of hydrogen-bond donors (Lipinski definition) is 2. The molecule has 0 saturated heterocycles. The van der Waals surface area contributed by atoms with Crippen LogP contribution < -0.4 is 5.32 Å². The molecule has 0 heterocycles. The zero-order chi connectivity index (χ0) is 9.56. The Hall–Kier alpha value is -1.36. The molecule has 0 aliphatic heterocycles. The van der Waals surface area contributed by atoms with Crippen LogP contribution in [0.4, 0.5) is 0 Å². The highest BCUT2D eigenvalue weighted by Gasteiger charge is 2.02. The van der Waals surface area contributed by atoms with Crippen LogP contribution in [0.2, 0.25) is 0 Å². The number of carbonyl (C=O) groups is 3. The summed E-state index contributed by atoms with van der Waals surface area (Å²) >= 11 is 5.05. The van der Waals surface area contributed by atoms with Crippen LogP contribution in [0.15, 0.2) is 12.2 Å². The molecule has 0 unspecified atom stereocenters. The highest BCUT2D eigenvalue weighted by Crippen LogP contribution is 1.77. The van der Waals surface area contributed by atoms with Crippen LogP contribution in [0.25, 0.3) is 0 Å². The molecule has 2 amide bonds. The summed E-state index contributed by atoms with van der Waals surface area (Å²) in [6.07, 6.45) is 1.35. The van der Waals surface area contributed by atoms with Crippen LogP contribution in [0.1, 0.15) is 0 Å². The van der Waals surface area contributed by atoms with Crippen molar-refractivity contribution >= 4 is 29.4 Å². The lowest BCUT2D eigenvalue weighted by atomic mass is 10.4. The van der Waals surface area contributed by atoms with Gasteiger partial charge in [-0.3, -0.25) is 14.9 Å². The third kappa shape index (κ3) is 5.43. The normalized spacial score (nSPS) is 9.75. The van der Waals surface area contributed by atoms with E-state index in [9.17, 15) is 14.4 Å². The van der Waals surface area contributed by atoms with Crippen molar-refractivity contribution < 1.29 is 19.5 Å². The number of carboxylic acid groups (broad SMARTS) is 1. The van der Waals surface area contributed by atoms with Gasteiger partial charge in [0.25, 0.3) is 5.91 Å². The lowest BCUT2D eigenvalue weighted by Gasteiger charge is -1.93. The first-order chi connectivity index (χ1) is 5.56. The quantitative estimate of drug-likeness (QED) is 0.466. The van der Waals surface area contributed by atoms with E-state index in [0.29, 0.717) is 6.08 Å². The molecule has 0 radical (unpaired) electrons. The van der Waals surface area contributed by atoms with Gasteiger partial charge in [0.15, 0.2) is 0 Å². The molecule has 0 fully saturated rings. The van der Waals surface area contributed by atoms with Gasteiger partial charge in [-0.05, 0) is 0 Å². The van der Waals surface area contributed by atoms with Crippen LogP contribution in [0.5, 0.6) is 0 Å². The Morgan fingerprint density at radius 3 is 2.33 bits per heavy atom. The second-order valence-electron chi connectivity index (χ2n) is 1.72. The highest BCUT2D eigenvalue weighted by atomic mass is 35.5. The smallest absolute Gasteiger partial charge is 0.328 e. The van der Waals surface area contributed by atoms with E-state index >= 15 is 0 Å². The van der Waals surface area contributed by atoms with Crippen LogP contribution in [-0.4, -0.2) is 28.8 Å². The van der Waals surface area contributed by atoms with Crippen molar-refractivity contribution in [2.75, 3.05) is 5.88 Å². The summed E-state index contributed by atoms with van der Waals surface area (Å²) in [5.41, 5.74) is 0. The summed E-state index contributed by atoms with van der Waals surface area (Å²) in [5.74, 6) is -3.07. The van der Waals surface area contributed by atoms with E-state index in [0.717, 1.165) is 6.08 Å². The molecule has 0 spiro atoms. The zero-order valence-electron chi connectivity index (χ0n) is 5.91.